The van der Waals surface area contributed by atoms with Gasteiger partial charge in [0.15, 0.2) is 0 Å². The quantitative estimate of drug-likeness (QED) is 0.835. The zero-order valence-corrected chi connectivity index (χ0v) is 12.6. The van der Waals surface area contributed by atoms with Gasteiger partial charge in [0.25, 0.3) is 0 Å². The van der Waals surface area contributed by atoms with Crippen LogP contribution in [0.4, 0.5) is 0 Å². The molecule has 0 spiro atoms. The van der Waals surface area contributed by atoms with Crippen LogP contribution in [0.1, 0.15) is 51.5 Å². The molecule has 1 aromatic rings. The molecule has 0 saturated heterocycles. The molecule has 1 nitrogen and oxygen atoms in total. The van der Waals surface area contributed by atoms with Crippen molar-refractivity contribution in [2.45, 2.75) is 52.4 Å². The van der Waals surface area contributed by atoms with Gasteiger partial charge in [-0.2, -0.15) is 11.3 Å². The molecule has 102 valence electrons. The summed E-state index contributed by atoms with van der Waals surface area (Å²) < 4.78 is 0. The number of hydrogen-bond donors (Lipinski definition) is 1. The maximum absolute atomic E-state index is 6.10. The van der Waals surface area contributed by atoms with Crippen molar-refractivity contribution in [1.29, 1.82) is 0 Å². The Bertz CT molecular complexity index is 334. The van der Waals surface area contributed by atoms with Gasteiger partial charge in [-0.1, -0.05) is 13.8 Å². The first-order chi connectivity index (χ1) is 8.65. The van der Waals surface area contributed by atoms with Gasteiger partial charge < -0.3 is 5.73 Å². The van der Waals surface area contributed by atoms with Gasteiger partial charge in [-0.25, -0.2) is 0 Å². The number of thiophene rings is 1. The Morgan fingerprint density at radius 1 is 1.39 bits per heavy atom. The molecule has 1 saturated carbocycles. The fourth-order valence-electron chi connectivity index (χ4n) is 3.32. The van der Waals surface area contributed by atoms with Crippen molar-refractivity contribution in [3.05, 3.63) is 22.4 Å². The van der Waals surface area contributed by atoms with E-state index in [0.29, 0.717) is 5.41 Å². The topological polar surface area (TPSA) is 26.0 Å². The van der Waals surface area contributed by atoms with Crippen LogP contribution in [0, 0.1) is 17.3 Å². The zero-order valence-electron chi connectivity index (χ0n) is 11.8. The summed E-state index contributed by atoms with van der Waals surface area (Å²) in [6.07, 6.45) is 7.96. The first kappa shape index (κ1) is 14.1. The highest BCUT2D eigenvalue weighted by molar-refractivity contribution is 7.07. The monoisotopic (exact) mass is 265 g/mol. The third-order valence-corrected chi connectivity index (χ3v) is 5.72. The molecule has 0 aliphatic heterocycles. The first-order valence-electron chi connectivity index (χ1n) is 7.36. The maximum Gasteiger partial charge on any atom is -0.00204 e. The Morgan fingerprint density at radius 3 is 2.61 bits per heavy atom. The van der Waals surface area contributed by atoms with Crippen molar-refractivity contribution >= 4 is 11.3 Å². The van der Waals surface area contributed by atoms with Crippen molar-refractivity contribution in [3.63, 3.8) is 0 Å². The normalized spacial score (nSPS) is 28.8. The van der Waals surface area contributed by atoms with Crippen LogP contribution in [-0.2, 0) is 6.42 Å². The second-order valence-electron chi connectivity index (χ2n) is 6.42. The minimum absolute atomic E-state index is 0.438. The van der Waals surface area contributed by atoms with Gasteiger partial charge >= 0.3 is 0 Å². The Labute approximate surface area is 116 Å². The van der Waals surface area contributed by atoms with E-state index >= 15 is 0 Å². The lowest BCUT2D eigenvalue weighted by atomic mass is 9.66. The molecule has 2 heteroatoms. The van der Waals surface area contributed by atoms with Crippen LogP contribution in [0.2, 0.25) is 0 Å². The molecule has 1 fully saturated rings. The van der Waals surface area contributed by atoms with E-state index in [4.69, 9.17) is 5.73 Å². The predicted octanol–water partition coefficient (Wildman–Crippen LogP) is 4.47. The summed E-state index contributed by atoms with van der Waals surface area (Å²) in [5, 5.41) is 4.46. The number of rotatable bonds is 5. The Hall–Kier alpha value is -0.340. The highest BCUT2D eigenvalue weighted by atomic mass is 32.1. The highest BCUT2D eigenvalue weighted by Gasteiger charge is 2.34. The number of nitrogens with two attached hydrogens (primary N) is 1. The highest BCUT2D eigenvalue weighted by Crippen LogP contribution is 2.43. The fourth-order valence-corrected chi connectivity index (χ4v) is 4.02. The van der Waals surface area contributed by atoms with E-state index in [1.54, 1.807) is 11.3 Å². The smallest absolute Gasteiger partial charge is 0.00204 e. The summed E-state index contributed by atoms with van der Waals surface area (Å²) in [4.78, 5) is 0. The van der Waals surface area contributed by atoms with E-state index in [9.17, 15) is 0 Å². The van der Waals surface area contributed by atoms with Gasteiger partial charge in [-0.05, 0) is 84.7 Å². The Morgan fingerprint density at radius 2 is 2.11 bits per heavy atom. The summed E-state index contributed by atoms with van der Waals surface area (Å²) in [6, 6.07) is 2.26. The van der Waals surface area contributed by atoms with Crippen LogP contribution in [-0.4, -0.2) is 6.54 Å². The summed E-state index contributed by atoms with van der Waals surface area (Å²) in [5.74, 6) is 1.78. The molecule has 2 rings (SSSR count). The van der Waals surface area contributed by atoms with E-state index in [2.05, 4.69) is 30.7 Å². The fraction of sp³-hybridized carbons (Fsp3) is 0.750. The second kappa shape index (κ2) is 6.21. The van der Waals surface area contributed by atoms with Crippen molar-refractivity contribution in [1.82, 2.24) is 0 Å². The second-order valence-corrected chi connectivity index (χ2v) is 7.20. The minimum Gasteiger partial charge on any atom is -0.330 e. The van der Waals surface area contributed by atoms with Crippen LogP contribution in [0.5, 0.6) is 0 Å². The molecule has 0 aromatic carbocycles. The van der Waals surface area contributed by atoms with Crippen molar-refractivity contribution in [2.24, 2.45) is 23.0 Å². The summed E-state index contributed by atoms with van der Waals surface area (Å²) in [6.45, 7) is 5.61. The number of aryl methyl sites for hydroxylation is 1. The van der Waals surface area contributed by atoms with Gasteiger partial charge in [0, 0.05) is 0 Å². The van der Waals surface area contributed by atoms with Crippen molar-refractivity contribution in [3.8, 4) is 0 Å². The van der Waals surface area contributed by atoms with E-state index < -0.39 is 0 Å². The maximum atomic E-state index is 6.10. The van der Waals surface area contributed by atoms with E-state index in [1.165, 1.54) is 44.1 Å². The third kappa shape index (κ3) is 3.36. The molecule has 18 heavy (non-hydrogen) atoms. The van der Waals surface area contributed by atoms with Gasteiger partial charge in [0.1, 0.15) is 0 Å². The lowest BCUT2D eigenvalue weighted by Gasteiger charge is -2.41. The molecule has 0 atom stereocenters. The zero-order chi connectivity index (χ0) is 13.0. The lowest BCUT2D eigenvalue weighted by Crippen LogP contribution is -2.36. The molecule has 0 unspecified atom stereocenters. The van der Waals surface area contributed by atoms with Crippen molar-refractivity contribution in [2.75, 3.05) is 6.54 Å². The molecule has 1 aliphatic carbocycles. The average molecular weight is 265 g/mol. The van der Waals surface area contributed by atoms with Gasteiger partial charge in [-0.15, -0.1) is 0 Å². The van der Waals surface area contributed by atoms with Gasteiger partial charge in [0.2, 0.25) is 0 Å². The van der Waals surface area contributed by atoms with E-state index in [-0.39, 0.29) is 0 Å². The van der Waals surface area contributed by atoms with Crippen LogP contribution >= 0.6 is 11.3 Å². The lowest BCUT2D eigenvalue weighted by molar-refractivity contribution is 0.123. The van der Waals surface area contributed by atoms with Crippen molar-refractivity contribution < 1.29 is 0 Å². The standard InChI is InChI=1S/C16H27NS/c1-13(2)15-4-8-16(12-17,9-5-15)7-3-14-6-10-18-11-14/h6,10-11,13,15H,3-5,7-9,12,17H2,1-2H3. The SMILES string of the molecule is CC(C)C1CCC(CN)(CCc2ccsc2)CC1. The van der Waals surface area contributed by atoms with Gasteiger partial charge in [0.05, 0.1) is 0 Å². The molecule has 2 N–H and O–H groups in total. The third-order valence-electron chi connectivity index (χ3n) is 4.99. The molecule has 1 aliphatic rings. The average Bonchev–Trinajstić information content (AvgIpc) is 2.90. The minimum atomic E-state index is 0.438. The first-order valence-corrected chi connectivity index (χ1v) is 8.31. The van der Waals surface area contributed by atoms with Gasteiger partial charge in [-0.3, -0.25) is 0 Å². The summed E-state index contributed by atoms with van der Waals surface area (Å²) >= 11 is 1.81. The molecular formula is C16H27NS. The Kier molecular flexibility index (Phi) is 4.85. The number of hydrogen-bond acceptors (Lipinski definition) is 2. The molecule has 0 radical (unpaired) electrons. The van der Waals surface area contributed by atoms with E-state index in [0.717, 1.165) is 18.4 Å². The van der Waals surface area contributed by atoms with Crippen LogP contribution < -0.4 is 5.73 Å². The van der Waals surface area contributed by atoms with E-state index in [1.807, 2.05) is 0 Å². The largest absolute Gasteiger partial charge is 0.330 e. The summed E-state index contributed by atoms with van der Waals surface area (Å²) in [7, 11) is 0. The molecule has 1 aromatic heterocycles. The molecular weight excluding hydrogens is 238 g/mol. The van der Waals surface area contributed by atoms with Crippen LogP contribution in [0.3, 0.4) is 0 Å². The summed E-state index contributed by atoms with van der Waals surface area (Å²) in [5.41, 5.74) is 8.04. The Balaban J connectivity index is 1.88. The molecule has 0 amide bonds. The molecule has 1 heterocycles. The predicted molar refractivity (Wildman–Crippen MR) is 80.9 cm³/mol. The van der Waals surface area contributed by atoms with Crippen LogP contribution in [0.25, 0.3) is 0 Å². The molecule has 0 bridgehead atoms. The van der Waals surface area contributed by atoms with Crippen LogP contribution in [0.15, 0.2) is 16.8 Å².